The fraction of sp³-hybridized carbons (Fsp3) is 0.595. The molecule has 2 heterocycles. The summed E-state index contributed by atoms with van der Waals surface area (Å²) in [4.78, 5) is 55.6. The maximum absolute atomic E-state index is 13.2. The first-order valence-electron chi connectivity index (χ1n) is 17.3. The molecule has 3 N–H and O–H groups in total. The number of fused-ring (bicyclic) bond motifs is 1. The summed E-state index contributed by atoms with van der Waals surface area (Å²) in [5.41, 5.74) is 4.94. The molecule has 12 heteroatoms. The number of pyridine rings is 1. The van der Waals surface area contributed by atoms with E-state index in [0.717, 1.165) is 16.5 Å². The van der Waals surface area contributed by atoms with Crippen molar-refractivity contribution in [3.63, 3.8) is 0 Å². The first-order chi connectivity index (χ1) is 22.6. The monoisotopic (exact) mass is 695 g/mol. The molecule has 11 nitrogen and oxygen atoms in total. The summed E-state index contributed by atoms with van der Waals surface area (Å²) < 4.78 is 12.5. The van der Waals surface area contributed by atoms with Gasteiger partial charge >= 0.3 is 5.97 Å². The molecule has 0 saturated carbocycles. The Morgan fingerprint density at radius 3 is 2.29 bits per heavy atom. The summed E-state index contributed by atoms with van der Waals surface area (Å²) >= 11 is 0. The maximum Gasteiger partial charge on any atom is 0.325 e. The summed E-state index contributed by atoms with van der Waals surface area (Å²) in [5.74, 6) is -1.82. The van der Waals surface area contributed by atoms with Crippen molar-refractivity contribution in [1.82, 2.24) is 26.1 Å². The van der Waals surface area contributed by atoms with Gasteiger partial charge in [-0.05, 0) is 82.3 Å². The Morgan fingerprint density at radius 1 is 1.02 bits per heavy atom. The van der Waals surface area contributed by atoms with Gasteiger partial charge in [-0.2, -0.15) is 0 Å². The van der Waals surface area contributed by atoms with Crippen molar-refractivity contribution in [2.24, 2.45) is 5.92 Å². The molecule has 1 aliphatic heterocycles. The van der Waals surface area contributed by atoms with Gasteiger partial charge in [0, 0.05) is 18.9 Å². The minimum atomic E-state index is -1.96. The van der Waals surface area contributed by atoms with Gasteiger partial charge in [0.25, 0.3) is 5.91 Å². The number of carbonyl (C=O) groups excluding carboxylic acids is 4. The van der Waals surface area contributed by atoms with Gasteiger partial charge in [-0.25, -0.2) is 10.4 Å². The van der Waals surface area contributed by atoms with Crippen molar-refractivity contribution in [1.29, 1.82) is 0 Å². The molecule has 1 aliphatic rings. The number of hydrogen-bond acceptors (Lipinski definition) is 8. The van der Waals surface area contributed by atoms with Gasteiger partial charge in [0.05, 0.1) is 16.8 Å². The molecule has 0 radical (unpaired) electrons. The first-order valence-corrected chi connectivity index (χ1v) is 20.2. The Kier molecular flexibility index (Phi) is 13.0. The average molecular weight is 696 g/mol. The molecule has 0 bridgehead atoms. The van der Waals surface area contributed by atoms with Crippen LogP contribution in [0.1, 0.15) is 99.4 Å². The molecule has 4 atom stereocenters. The number of amides is 3. The molecule has 1 unspecified atom stereocenters. The van der Waals surface area contributed by atoms with Gasteiger partial charge in [0.15, 0.2) is 8.32 Å². The van der Waals surface area contributed by atoms with Crippen molar-refractivity contribution in [3.8, 4) is 0 Å². The number of esters is 1. The van der Waals surface area contributed by atoms with E-state index in [1.807, 2.05) is 44.2 Å². The highest BCUT2D eigenvalue weighted by Crippen LogP contribution is 2.39. The topological polar surface area (TPSA) is 139 Å². The molecule has 0 aliphatic carbocycles. The minimum Gasteiger partial charge on any atom is -0.455 e. The molecule has 3 amide bonds. The quantitative estimate of drug-likeness (QED) is 0.187. The van der Waals surface area contributed by atoms with Crippen molar-refractivity contribution in [2.45, 2.75) is 130 Å². The lowest BCUT2D eigenvalue weighted by Gasteiger charge is -2.41. The van der Waals surface area contributed by atoms with Crippen LogP contribution in [0, 0.1) is 5.92 Å². The van der Waals surface area contributed by atoms with Gasteiger partial charge in [0.2, 0.25) is 11.8 Å². The van der Waals surface area contributed by atoms with E-state index in [1.54, 1.807) is 13.8 Å². The van der Waals surface area contributed by atoms with Gasteiger partial charge in [-0.1, -0.05) is 65.0 Å². The summed E-state index contributed by atoms with van der Waals surface area (Å²) in [7, 11) is -1.96. The fourth-order valence-corrected chi connectivity index (χ4v) is 7.10. The third kappa shape index (κ3) is 10.9. The molecule has 3 rings (SSSR count). The van der Waals surface area contributed by atoms with Crippen LogP contribution in [0.4, 0.5) is 0 Å². The van der Waals surface area contributed by atoms with E-state index in [2.05, 4.69) is 75.9 Å². The van der Waals surface area contributed by atoms with E-state index in [0.29, 0.717) is 25.1 Å². The number of rotatable bonds is 12. The first kappa shape index (κ1) is 39.8. The van der Waals surface area contributed by atoms with Crippen LogP contribution in [0.15, 0.2) is 36.4 Å². The lowest BCUT2D eigenvalue weighted by molar-refractivity contribution is -0.157. The smallest absolute Gasteiger partial charge is 0.325 e. The highest BCUT2D eigenvalue weighted by atomic mass is 28.4. The number of nitrogens with one attached hydrogen (secondary N) is 3. The Bertz CT molecular complexity index is 1550. The summed E-state index contributed by atoms with van der Waals surface area (Å²) in [6.07, 6.45) is 4.60. The molecule has 270 valence electrons. The number of hydrogen-bond donors (Lipinski definition) is 3. The number of carbonyl (C=O) groups is 4. The van der Waals surface area contributed by atoms with Crippen LogP contribution in [0.2, 0.25) is 18.1 Å². The van der Waals surface area contributed by atoms with Crippen LogP contribution in [-0.2, 0) is 28.3 Å². The SMILES string of the molecule is CC(=O)NC(C(=O)N[C@@H](C)C(=O)N1CCC[C@@H](C(=O)O[C@H](C)c2ccc3ccc(/C=C/C(C)(C)O[Si](C)(C)C(C)(C)C)cc3n2)N1)C(C)C. The Morgan fingerprint density at radius 2 is 1.67 bits per heavy atom. The van der Waals surface area contributed by atoms with E-state index < -0.39 is 50.0 Å². The van der Waals surface area contributed by atoms with Crippen molar-refractivity contribution < 1.29 is 28.3 Å². The van der Waals surface area contributed by atoms with Crippen LogP contribution in [0.3, 0.4) is 0 Å². The normalized spacial score (nSPS) is 17.9. The number of aromatic nitrogens is 1. The second-order valence-electron chi connectivity index (χ2n) is 15.5. The number of ether oxygens (including phenoxy) is 1. The highest BCUT2D eigenvalue weighted by molar-refractivity contribution is 6.74. The molecule has 1 aromatic carbocycles. The van der Waals surface area contributed by atoms with Crippen molar-refractivity contribution in [2.75, 3.05) is 6.54 Å². The summed E-state index contributed by atoms with van der Waals surface area (Å²) in [6, 6.07) is 7.52. The number of hydrazine groups is 1. The zero-order valence-electron chi connectivity index (χ0n) is 31.4. The predicted molar refractivity (Wildman–Crippen MR) is 196 cm³/mol. The Balaban J connectivity index is 1.64. The minimum absolute atomic E-state index is 0.108. The van der Waals surface area contributed by atoms with Gasteiger partial charge < -0.3 is 19.8 Å². The molecule has 0 spiro atoms. The molecule has 1 saturated heterocycles. The fourth-order valence-electron chi connectivity index (χ4n) is 5.41. The lowest BCUT2D eigenvalue weighted by Crippen LogP contribution is -2.60. The molecule has 49 heavy (non-hydrogen) atoms. The largest absolute Gasteiger partial charge is 0.455 e. The molecular formula is C37H57N5O6Si. The van der Waals surface area contributed by atoms with E-state index in [-0.39, 0.29) is 22.8 Å². The van der Waals surface area contributed by atoms with Crippen LogP contribution in [0.25, 0.3) is 17.0 Å². The van der Waals surface area contributed by atoms with Crippen molar-refractivity contribution >= 4 is 49.0 Å². The van der Waals surface area contributed by atoms with Crippen LogP contribution in [-0.4, -0.2) is 72.3 Å². The van der Waals surface area contributed by atoms with E-state index in [1.165, 1.54) is 11.9 Å². The van der Waals surface area contributed by atoms with E-state index >= 15 is 0 Å². The van der Waals surface area contributed by atoms with Gasteiger partial charge in [-0.15, -0.1) is 0 Å². The summed E-state index contributed by atoms with van der Waals surface area (Å²) in [6.45, 7) is 24.1. The van der Waals surface area contributed by atoms with Crippen molar-refractivity contribution in [3.05, 3.63) is 47.7 Å². The predicted octanol–water partition coefficient (Wildman–Crippen LogP) is 5.81. The van der Waals surface area contributed by atoms with E-state index in [4.69, 9.17) is 14.1 Å². The third-order valence-corrected chi connectivity index (χ3v) is 13.9. The second kappa shape index (κ2) is 15.9. The zero-order chi connectivity index (χ0) is 36.9. The molecule has 1 aromatic heterocycles. The molecule has 2 aromatic rings. The third-order valence-electron chi connectivity index (χ3n) is 9.22. The maximum atomic E-state index is 13.2. The van der Waals surface area contributed by atoms with Crippen LogP contribution in [0.5, 0.6) is 0 Å². The lowest BCUT2D eigenvalue weighted by atomic mass is 10.0. The standard InChI is InChI=1S/C37H57N5O6Si/c1-23(2)32(39-26(5)43)33(44)38-24(3)34(45)42-21-13-14-30(41-42)35(46)47-25(4)29-18-17-28-16-15-27(22-31(28)40-29)19-20-37(9,10)48-49(11,12)36(6,7)8/h15-20,22-25,30,32,41H,13-14,21H2,1-12H3,(H,38,44)(H,39,43)/b20-19+/t24-,25+,30-,32?/m0/s1. The Hall–Kier alpha value is -3.61. The molecule has 1 fully saturated rings. The number of nitrogens with zero attached hydrogens (tertiary/aromatic N) is 2. The average Bonchev–Trinajstić information content (AvgIpc) is 3.00. The van der Waals surface area contributed by atoms with Gasteiger partial charge in [0.1, 0.15) is 24.2 Å². The van der Waals surface area contributed by atoms with Gasteiger partial charge in [-0.3, -0.25) is 24.2 Å². The second-order valence-corrected chi connectivity index (χ2v) is 20.3. The van der Waals surface area contributed by atoms with Crippen LogP contribution >= 0.6 is 0 Å². The molecular weight excluding hydrogens is 639 g/mol. The van der Waals surface area contributed by atoms with E-state index in [9.17, 15) is 19.2 Å². The summed E-state index contributed by atoms with van der Waals surface area (Å²) in [5, 5.41) is 7.75. The highest BCUT2D eigenvalue weighted by Gasteiger charge is 2.40. The number of benzene rings is 1. The zero-order valence-corrected chi connectivity index (χ0v) is 32.4. The Labute approximate surface area is 293 Å². The van der Waals surface area contributed by atoms with Crippen LogP contribution < -0.4 is 16.1 Å².